The van der Waals surface area contributed by atoms with Gasteiger partial charge in [0.1, 0.15) is 5.82 Å². The minimum absolute atomic E-state index is 0. The zero-order valence-corrected chi connectivity index (χ0v) is 15.6. The van der Waals surface area contributed by atoms with Crippen LogP contribution in [-0.4, -0.2) is 33.5 Å². The van der Waals surface area contributed by atoms with E-state index in [1.807, 2.05) is 19.1 Å². The molecule has 0 saturated carbocycles. The van der Waals surface area contributed by atoms with E-state index in [2.05, 4.69) is 25.8 Å². The molecule has 2 aromatic rings. The van der Waals surface area contributed by atoms with Gasteiger partial charge < -0.3 is 16.4 Å². The summed E-state index contributed by atoms with van der Waals surface area (Å²) in [6.45, 7) is 2.98. The number of aromatic nitrogens is 3. The van der Waals surface area contributed by atoms with Crippen LogP contribution in [0.4, 0.5) is 5.69 Å². The second kappa shape index (κ2) is 11.2. The first-order valence-electron chi connectivity index (χ1n) is 8.40. The van der Waals surface area contributed by atoms with Crippen molar-refractivity contribution in [3.05, 3.63) is 30.1 Å². The van der Waals surface area contributed by atoms with E-state index < -0.39 is 0 Å². The molecule has 1 aromatic heterocycles. The second-order valence-electron chi connectivity index (χ2n) is 5.64. The molecule has 0 atom stereocenters. The van der Waals surface area contributed by atoms with Crippen molar-refractivity contribution in [2.24, 2.45) is 5.73 Å². The predicted octanol–water partition coefficient (Wildman–Crippen LogP) is 1.99. The van der Waals surface area contributed by atoms with Crippen molar-refractivity contribution < 1.29 is 9.59 Å². The lowest BCUT2D eigenvalue weighted by Gasteiger charge is -2.06. The molecule has 26 heavy (non-hydrogen) atoms. The maximum Gasteiger partial charge on any atom is 0.224 e. The van der Waals surface area contributed by atoms with Gasteiger partial charge in [0.05, 0.1) is 6.54 Å². The quantitative estimate of drug-likeness (QED) is 0.529. The molecule has 0 saturated heterocycles. The number of amides is 2. The van der Waals surface area contributed by atoms with Gasteiger partial charge in [0.15, 0.2) is 5.82 Å². The summed E-state index contributed by atoms with van der Waals surface area (Å²) < 4.78 is 0. The fraction of sp³-hybridized carbons (Fsp3) is 0.412. The number of aromatic amines is 1. The number of anilines is 1. The van der Waals surface area contributed by atoms with Gasteiger partial charge in [0.2, 0.25) is 11.8 Å². The first-order chi connectivity index (χ1) is 12.1. The third-order valence-corrected chi connectivity index (χ3v) is 3.53. The third-order valence-electron chi connectivity index (χ3n) is 3.53. The standard InChI is InChI=1S/C17H24N6O2.ClH/c1-2-10-19-15(24)4-3-5-16(25)20-13-8-6-12(7-9-13)17-21-14(11-18)22-23-17;/h6-9H,2-5,10-11,18H2,1H3,(H,19,24)(H,20,25)(H,21,22,23);1H. The number of nitrogens with one attached hydrogen (secondary N) is 3. The third kappa shape index (κ3) is 6.81. The summed E-state index contributed by atoms with van der Waals surface area (Å²) in [5.74, 6) is 1.06. The molecule has 0 bridgehead atoms. The molecule has 0 spiro atoms. The minimum atomic E-state index is -0.112. The smallest absolute Gasteiger partial charge is 0.224 e. The summed E-state index contributed by atoms with van der Waals surface area (Å²) in [5, 5.41) is 12.4. The Bertz CT molecular complexity index is 702. The van der Waals surface area contributed by atoms with E-state index >= 15 is 0 Å². The number of rotatable bonds is 9. The van der Waals surface area contributed by atoms with Gasteiger partial charge in [0, 0.05) is 30.6 Å². The van der Waals surface area contributed by atoms with Crippen LogP contribution in [0.3, 0.4) is 0 Å². The summed E-state index contributed by atoms with van der Waals surface area (Å²) in [6.07, 6.45) is 2.10. The van der Waals surface area contributed by atoms with E-state index in [0.29, 0.717) is 49.7 Å². The molecule has 0 aliphatic rings. The van der Waals surface area contributed by atoms with Crippen LogP contribution in [0, 0.1) is 0 Å². The number of H-pyrrole nitrogens is 1. The van der Waals surface area contributed by atoms with Crippen molar-refractivity contribution in [2.45, 2.75) is 39.2 Å². The summed E-state index contributed by atoms with van der Waals surface area (Å²) in [7, 11) is 0. The average molecular weight is 381 g/mol. The Morgan fingerprint density at radius 3 is 2.46 bits per heavy atom. The Kier molecular flexibility index (Phi) is 9.32. The van der Waals surface area contributed by atoms with E-state index in [9.17, 15) is 9.59 Å². The summed E-state index contributed by atoms with van der Waals surface area (Å²) >= 11 is 0. The predicted molar refractivity (Wildman–Crippen MR) is 103 cm³/mol. The molecule has 2 amide bonds. The highest BCUT2D eigenvalue weighted by molar-refractivity contribution is 5.91. The molecule has 0 radical (unpaired) electrons. The van der Waals surface area contributed by atoms with E-state index in [1.165, 1.54) is 0 Å². The molecule has 0 fully saturated rings. The molecule has 1 heterocycles. The Labute approximate surface area is 158 Å². The Morgan fingerprint density at radius 1 is 1.15 bits per heavy atom. The maximum absolute atomic E-state index is 11.9. The van der Waals surface area contributed by atoms with Crippen molar-refractivity contribution in [2.75, 3.05) is 11.9 Å². The topological polar surface area (TPSA) is 126 Å². The number of nitrogens with zero attached hydrogens (tertiary/aromatic N) is 2. The largest absolute Gasteiger partial charge is 0.356 e. The molecule has 1 aromatic carbocycles. The monoisotopic (exact) mass is 380 g/mol. The van der Waals surface area contributed by atoms with Crippen molar-refractivity contribution in [1.82, 2.24) is 20.5 Å². The summed E-state index contributed by atoms with van der Waals surface area (Å²) in [4.78, 5) is 27.6. The molecule has 0 aliphatic heterocycles. The van der Waals surface area contributed by atoms with Crippen molar-refractivity contribution >= 4 is 29.9 Å². The average Bonchev–Trinajstić information content (AvgIpc) is 3.09. The molecule has 8 nitrogen and oxygen atoms in total. The molecule has 5 N–H and O–H groups in total. The zero-order chi connectivity index (χ0) is 18.1. The number of carbonyl (C=O) groups excluding carboxylic acids is 2. The molecule has 0 unspecified atom stereocenters. The van der Waals surface area contributed by atoms with Gasteiger partial charge in [0.25, 0.3) is 0 Å². The van der Waals surface area contributed by atoms with Gasteiger partial charge in [-0.05, 0) is 37.1 Å². The lowest BCUT2D eigenvalue weighted by atomic mass is 10.2. The van der Waals surface area contributed by atoms with Crippen LogP contribution in [0.5, 0.6) is 0 Å². The zero-order valence-electron chi connectivity index (χ0n) is 14.7. The SMILES string of the molecule is CCCNC(=O)CCCC(=O)Nc1ccc(-c2n[nH]c(CN)n2)cc1.Cl. The van der Waals surface area contributed by atoms with Gasteiger partial charge in [-0.25, -0.2) is 4.98 Å². The van der Waals surface area contributed by atoms with Gasteiger partial charge in [-0.15, -0.1) is 12.4 Å². The number of hydrogen-bond donors (Lipinski definition) is 4. The molecule has 2 rings (SSSR count). The summed E-state index contributed by atoms with van der Waals surface area (Å²) in [6, 6.07) is 7.24. The van der Waals surface area contributed by atoms with E-state index in [1.54, 1.807) is 12.1 Å². The van der Waals surface area contributed by atoms with E-state index in [4.69, 9.17) is 5.73 Å². The van der Waals surface area contributed by atoms with Crippen LogP contribution >= 0.6 is 12.4 Å². The molecule has 9 heteroatoms. The van der Waals surface area contributed by atoms with Gasteiger partial charge >= 0.3 is 0 Å². The second-order valence-corrected chi connectivity index (χ2v) is 5.64. The first kappa shape index (κ1) is 21.6. The van der Waals surface area contributed by atoms with Crippen molar-refractivity contribution in [1.29, 1.82) is 0 Å². The van der Waals surface area contributed by atoms with Gasteiger partial charge in [-0.1, -0.05) is 6.92 Å². The molecular weight excluding hydrogens is 356 g/mol. The fourth-order valence-corrected chi connectivity index (χ4v) is 2.20. The van der Waals surface area contributed by atoms with Crippen LogP contribution in [0.25, 0.3) is 11.4 Å². The molecule has 142 valence electrons. The van der Waals surface area contributed by atoms with Gasteiger partial charge in [-0.3, -0.25) is 14.7 Å². The highest BCUT2D eigenvalue weighted by Crippen LogP contribution is 2.18. The molecule has 0 aliphatic carbocycles. The van der Waals surface area contributed by atoms with Crippen LogP contribution in [0.2, 0.25) is 0 Å². The lowest BCUT2D eigenvalue weighted by Crippen LogP contribution is -2.24. The first-order valence-corrected chi connectivity index (χ1v) is 8.40. The van der Waals surface area contributed by atoms with Crippen molar-refractivity contribution in [3.8, 4) is 11.4 Å². The van der Waals surface area contributed by atoms with Crippen molar-refractivity contribution in [3.63, 3.8) is 0 Å². The highest BCUT2D eigenvalue weighted by atomic mass is 35.5. The van der Waals surface area contributed by atoms with Crippen LogP contribution in [0.1, 0.15) is 38.4 Å². The van der Waals surface area contributed by atoms with Crippen LogP contribution < -0.4 is 16.4 Å². The Hall–Kier alpha value is -2.45. The number of benzene rings is 1. The highest BCUT2D eigenvalue weighted by Gasteiger charge is 2.07. The van der Waals surface area contributed by atoms with Crippen LogP contribution in [0.15, 0.2) is 24.3 Å². The number of carbonyl (C=O) groups is 2. The Morgan fingerprint density at radius 2 is 1.85 bits per heavy atom. The molecular formula is C17H25ClN6O2. The fourth-order valence-electron chi connectivity index (χ4n) is 2.20. The lowest BCUT2D eigenvalue weighted by molar-refractivity contribution is -0.121. The normalized spacial score (nSPS) is 10.1. The Balaban J connectivity index is 0.00000338. The van der Waals surface area contributed by atoms with E-state index in [-0.39, 0.29) is 24.2 Å². The van der Waals surface area contributed by atoms with Crippen LogP contribution in [-0.2, 0) is 16.1 Å². The number of halogens is 1. The van der Waals surface area contributed by atoms with Gasteiger partial charge in [-0.2, -0.15) is 5.10 Å². The minimum Gasteiger partial charge on any atom is -0.356 e. The summed E-state index contributed by atoms with van der Waals surface area (Å²) in [5.41, 5.74) is 7.02. The van der Waals surface area contributed by atoms with E-state index in [0.717, 1.165) is 12.0 Å². The number of nitrogens with two attached hydrogens (primary N) is 1. The maximum atomic E-state index is 11.9. The number of hydrogen-bond acceptors (Lipinski definition) is 5.